The molecule has 1 aliphatic rings. The van der Waals surface area contributed by atoms with Gasteiger partial charge in [-0.25, -0.2) is 0 Å². The van der Waals surface area contributed by atoms with Gasteiger partial charge < -0.3 is 14.8 Å². The molecule has 0 spiro atoms. The lowest BCUT2D eigenvalue weighted by Crippen LogP contribution is -2.17. The number of hydrogen-bond donors (Lipinski definition) is 1. The summed E-state index contributed by atoms with van der Waals surface area (Å²) < 4.78 is 11.2. The highest BCUT2D eigenvalue weighted by atomic mass is 16.5. The zero-order valence-corrected chi connectivity index (χ0v) is 12.8. The van der Waals surface area contributed by atoms with Crippen LogP contribution in [0.4, 0.5) is 0 Å². The number of hydrogen-bond acceptors (Lipinski definition) is 3. The Kier molecular flexibility index (Phi) is 6.19. The standard InChI is InChI=1S/C17H27NO2/c1-3-19-16-11-8-14(13-17(16)20-4-2)7-5-6-12-18-15-9-10-15/h8,11,13,15,18H,3-7,9-10,12H2,1-2H3. The maximum atomic E-state index is 5.66. The lowest BCUT2D eigenvalue weighted by atomic mass is 10.1. The lowest BCUT2D eigenvalue weighted by molar-refractivity contribution is 0.287. The first-order valence-electron chi connectivity index (χ1n) is 7.95. The summed E-state index contributed by atoms with van der Waals surface area (Å²) in [4.78, 5) is 0. The summed E-state index contributed by atoms with van der Waals surface area (Å²) in [7, 11) is 0. The second kappa shape index (κ2) is 8.15. The molecule has 1 fully saturated rings. The van der Waals surface area contributed by atoms with Crippen molar-refractivity contribution in [2.45, 2.75) is 52.0 Å². The van der Waals surface area contributed by atoms with E-state index in [0.29, 0.717) is 13.2 Å². The highest BCUT2D eigenvalue weighted by Gasteiger charge is 2.19. The van der Waals surface area contributed by atoms with Gasteiger partial charge in [0.25, 0.3) is 0 Å². The SMILES string of the molecule is CCOc1ccc(CCCCNC2CC2)cc1OCC. The van der Waals surface area contributed by atoms with Crippen LogP contribution >= 0.6 is 0 Å². The van der Waals surface area contributed by atoms with Crippen molar-refractivity contribution in [2.75, 3.05) is 19.8 Å². The van der Waals surface area contributed by atoms with Crippen LogP contribution in [0.25, 0.3) is 0 Å². The molecule has 1 aromatic carbocycles. The van der Waals surface area contributed by atoms with E-state index in [4.69, 9.17) is 9.47 Å². The van der Waals surface area contributed by atoms with E-state index in [1.165, 1.54) is 31.2 Å². The summed E-state index contributed by atoms with van der Waals surface area (Å²) in [5.74, 6) is 1.73. The summed E-state index contributed by atoms with van der Waals surface area (Å²) in [5.41, 5.74) is 1.34. The van der Waals surface area contributed by atoms with Crippen LogP contribution in [0.5, 0.6) is 11.5 Å². The maximum Gasteiger partial charge on any atom is 0.161 e. The molecule has 0 aromatic heterocycles. The fraction of sp³-hybridized carbons (Fsp3) is 0.647. The quantitative estimate of drug-likeness (QED) is 0.663. The van der Waals surface area contributed by atoms with Crippen LogP contribution in [0, 0.1) is 0 Å². The molecule has 3 nitrogen and oxygen atoms in total. The molecule has 0 heterocycles. The van der Waals surface area contributed by atoms with E-state index in [0.717, 1.165) is 30.5 Å². The lowest BCUT2D eigenvalue weighted by Gasteiger charge is -2.12. The molecule has 0 atom stereocenters. The molecule has 1 saturated carbocycles. The van der Waals surface area contributed by atoms with Gasteiger partial charge in [-0.15, -0.1) is 0 Å². The molecule has 0 aliphatic heterocycles. The van der Waals surface area contributed by atoms with Crippen LogP contribution < -0.4 is 14.8 Å². The Hall–Kier alpha value is -1.22. The van der Waals surface area contributed by atoms with Gasteiger partial charge in [-0.05, 0) is 70.2 Å². The first-order valence-corrected chi connectivity index (χ1v) is 7.95. The Labute approximate surface area is 122 Å². The second-order valence-corrected chi connectivity index (χ2v) is 5.33. The minimum absolute atomic E-state index is 0.673. The van der Waals surface area contributed by atoms with Crippen molar-refractivity contribution in [2.24, 2.45) is 0 Å². The van der Waals surface area contributed by atoms with Crippen LogP contribution in [-0.2, 0) is 6.42 Å². The third-order valence-electron chi connectivity index (χ3n) is 3.51. The number of rotatable bonds is 10. The van der Waals surface area contributed by atoms with E-state index in [1.54, 1.807) is 0 Å². The summed E-state index contributed by atoms with van der Waals surface area (Å²) in [6.07, 6.45) is 6.32. The van der Waals surface area contributed by atoms with Crippen molar-refractivity contribution in [3.05, 3.63) is 23.8 Å². The van der Waals surface area contributed by atoms with Gasteiger partial charge in [0.15, 0.2) is 11.5 Å². The molecular weight excluding hydrogens is 250 g/mol. The molecule has 0 radical (unpaired) electrons. The summed E-state index contributed by atoms with van der Waals surface area (Å²) in [5, 5.41) is 3.56. The Bertz CT molecular complexity index is 402. The molecule has 2 rings (SSSR count). The van der Waals surface area contributed by atoms with Gasteiger partial charge in [-0.1, -0.05) is 6.07 Å². The minimum Gasteiger partial charge on any atom is -0.490 e. The van der Waals surface area contributed by atoms with Gasteiger partial charge in [-0.2, -0.15) is 0 Å². The molecule has 0 bridgehead atoms. The van der Waals surface area contributed by atoms with E-state index < -0.39 is 0 Å². The largest absolute Gasteiger partial charge is 0.490 e. The monoisotopic (exact) mass is 277 g/mol. The van der Waals surface area contributed by atoms with Gasteiger partial charge in [-0.3, -0.25) is 0 Å². The summed E-state index contributed by atoms with van der Waals surface area (Å²) in [6.45, 7) is 6.50. The second-order valence-electron chi connectivity index (χ2n) is 5.33. The fourth-order valence-electron chi connectivity index (χ4n) is 2.30. The van der Waals surface area contributed by atoms with Crippen LogP contribution in [0.15, 0.2) is 18.2 Å². The first kappa shape index (κ1) is 15.2. The van der Waals surface area contributed by atoms with E-state index >= 15 is 0 Å². The Balaban J connectivity index is 1.78. The van der Waals surface area contributed by atoms with E-state index in [2.05, 4.69) is 17.4 Å². The fourth-order valence-corrected chi connectivity index (χ4v) is 2.30. The Morgan fingerprint density at radius 3 is 2.50 bits per heavy atom. The van der Waals surface area contributed by atoms with Crippen LogP contribution in [0.3, 0.4) is 0 Å². The molecule has 3 heteroatoms. The molecule has 1 N–H and O–H groups in total. The number of benzene rings is 1. The van der Waals surface area contributed by atoms with Gasteiger partial charge in [0, 0.05) is 6.04 Å². The number of unbranched alkanes of at least 4 members (excludes halogenated alkanes) is 1. The molecular formula is C17H27NO2. The maximum absolute atomic E-state index is 5.66. The van der Waals surface area contributed by atoms with Crippen molar-refractivity contribution in [3.63, 3.8) is 0 Å². The minimum atomic E-state index is 0.673. The molecule has 20 heavy (non-hydrogen) atoms. The van der Waals surface area contributed by atoms with Crippen molar-refractivity contribution in [1.82, 2.24) is 5.32 Å². The zero-order chi connectivity index (χ0) is 14.2. The summed E-state index contributed by atoms with van der Waals surface area (Å²) >= 11 is 0. The van der Waals surface area contributed by atoms with Crippen LogP contribution in [0.2, 0.25) is 0 Å². The molecule has 1 aliphatic carbocycles. The normalized spacial score (nSPS) is 14.3. The highest BCUT2D eigenvalue weighted by molar-refractivity contribution is 5.43. The van der Waals surface area contributed by atoms with E-state index in [9.17, 15) is 0 Å². The number of aryl methyl sites for hydroxylation is 1. The summed E-state index contributed by atoms with van der Waals surface area (Å²) in [6, 6.07) is 7.14. The van der Waals surface area contributed by atoms with Crippen LogP contribution in [0.1, 0.15) is 45.1 Å². The third kappa shape index (κ3) is 5.04. The zero-order valence-electron chi connectivity index (χ0n) is 12.8. The highest BCUT2D eigenvalue weighted by Crippen LogP contribution is 2.29. The smallest absolute Gasteiger partial charge is 0.161 e. The predicted octanol–water partition coefficient (Wildman–Crippen LogP) is 3.56. The molecule has 0 unspecified atom stereocenters. The Morgan fingerprint density at radius 1 is 1.05 bits per heavy atom. The molecule has 1 aromatic rings. The first-order chi connectivity index (χ1) is 9.83. The van der Waals surface area contributed by atoms with Gasteiger partial charge in [0.2, 0.25) is 0 Å². The van der Waals surface area contributed by atoms with Gasteiger partial charge in [0.05, 0.1) is 13.2 Å². The number of nitrogens with one attached hydrogen (secondary N) is 1. The van der Waals surface area contributed by atoms with Crippen molar-refractivity contribution in [1.29, 1.82) is 0 Å². The average molecular weight is 277 g/mol. The van der Waals surface area contributed by atoms with Crippen molar-refractivity contribution >= 4 is 0 Å². The topological polar surface area (TPSA) is 30.5 Å². The average Bonchev–Trinajstić information content (AvgIpc) is 3.26. The molecule has 112 valence electrons. The van der Waals surface area contributed by atoms with Crippen molar-refractivity contribution in [3.8, 4) is 11.5 Å². The van der Waals surface area contributed by atoms with Crippen molar-refractivity contribution < 1.29 is 9.47 Å². The molecule has 0 saturated heterocycles. The van der Waals surface area contributed by atoms with E-state index in [1.807, 2.05) is 19.9 Å². The predicted molar refractivity (Wildman–Crippen MR) is 82.7 cm³/mol. The van der Waals surface area contributed by atoms with Gasteiger partial charge >= 0.3 is 0 Å². The van der Waals surface area contributed by atoms with E-state index in [-0.39, 0.29) is 0 Å². The molecule has 0 amide bonds. The number of ether oxygens (including phenoxy) is 2. The van der Waals surface area contributed by atoms with Gasteiger partial charge in [0.1, 0.15) is 0 Å². The van der Waals surface area contributed by atoms with Crippen LogP contribution in [-0.4, -0.2) is 25.8 Å². The Morgan fingerprint density at radius 2 is 1.80 bits per heavy atom. The third-order valence-corrected chi connectivity index (χ3v) is 3.51.